The van der Waals surface area contributed by atoms with Gasteiger partial charge in [-0.3, -0.25) is 4.79 Å². The molecule has 13 heteroatoms. The number of nitrogens with zero attached hydrogens (tertiary/aromatic N) is 3. The van der Waals surface area contributed by atoms with E-state index in [2.05, 4.69) is 80.4 Å². The molecule has 0 radical (unpaired) electrons. The Balaban J connectivity index is 1.39. The second-order valence-electron chi connectivity index (χ2n) is 20.4. The van der Waals surface area contributed by atoms with Gasteiger partial charge < -0.3 is 39.4 Å². The number of aliphatic hydroxyl groups excluding tert-OH is 2. The lowest BCUT2D eigenvalue weighted by molar-refractivity contribution is -0.251. The number of fused-ring (bicyclic) bond motifs is 5. The molecule has 1 saturated heterocycles. The minimum absolute atomic E-state index is 0.0160. The van der Waals surface area contributed by atoms with Gasteiger partial charge in [0.2, 0.25) is 5.82 Å². The van der Waals surface area contributed by atoms with Crippen molar-refractivity contribution in [3.63, 3.8) is 0 Å². The Bertz CT molecular complexity index is 1720. The van der Waals surface area contributed by atoms with E-state index in [1.54, 1.807) is 0 Å². The fraction of sp³-hybridized carbons (Fsp3) is 0.822. The Morgan fingerprint density at radius 1 is 1.03 bits per heavy atom. The minimum atomic E-state index is -0.685. The summed E-state index contributed by atoms with van der Waals surface area (Å²) in [7, 11) is 0. The van der Waals surface area contributed by atoms with E-state index >= 15 is 4.79 Å². The largest absolute Gasteiger partial charge is 0.470 e. The van der Waals surface area contributed by atoms with Crippen LogP contribution in [0.2, 0.25) is 0 Å². The lowest BCUT2D eigenvalue weighted by Crippen LogP contribution is -2.67. The number of rotatable bonds is 12. The molecule has 5 aliphatic rings. The highest BCUT2D eigenvalue weighted by Gasteiger charge is 2.74. The van der Waals surface area contributed by atoms with Crippen LogP contribution in [-0.4, -0.2) is 100 Å². The number of morpholine rings is 1. The smallest absolute Gasteiger partial charge is 0.334 e. The molecule has 4 aliphatic carbocycles. The lowest BCUT2D eigenvalue weighted by atomic mass is 9.34. The van der Waals surface area contributed by atoms with Crippen molar-refractivity contribution in [2.75, 3.05) is 44.4 Å². The van der Waals surface area contributed by atoms with Crippen molar-refractivity contribution >= 4 is 29.5 Å². The number of aromatic nitrogens is 2. The van der Waals surface area contributed by atoms with Crippen LogP contribution in [0.5, 0.6) is 5.88 Å². The molecular weight excluding hydrogens is 757 g/mol. The van der Waals surface area contributed by atoms with Gasteiger partial charge >= 0.3 is 11.9 Å². The predicted molar refractivity (Wildman–Crippen MR) is 226 cm³/mol. The number of ether oxygens (including phenoxy) is 4. The van der Waals surface area contributed by atoms with Gasteiger partial charge in [-0.25, -0.2) is 4.79 Å². The highest BCUT2D eigenvalue weighted by Crippen LogP contribution is 2.78. The molecule has 1 aliphatic heterocycles. The topological polar surface area (TPSA) is 153 Å². The van der Waals surface area contributed by atoms with E-state index < -0.39 is 41.1 Å². The molecule has 1 aromatic heterocycles. The molecule has 12 nitrogen and oxygen atoms in total. The summed E-state index contributed by atoms with van der Waals surface area (Å²) in [4.78, 5) is 30.2. The molecule has 4 saturated carbocycles. The van der Waals surface area contributed by atoms with Crippen LogP contribution in [0.4, 0.5) is 5.82 Å². The van der Waals surface area contributed by atoms with Crippen LogP contribution in [0, 0.1) is 39.4 Å². The third kappa shape index (κ3) is 8.37. The average molecular weight is 829 g/mol. The summed E-state index contributed by atoms with van der Waals surface area (Å²) in [6.45, 7) is 26.1. The molecule has 1 unspecified atom stereocenters. The zero-order valence-corrected chi connectivity index (χ0v) is 37.9. The van der Waals surface area contributed by atoms with Gasteiger partial charge in [0, 0.05) is 43.1 Å². The van der Waals surface area contributed by atoms with Gasteiger partial charge in [0.1, 0.15) is 18.8 Å². The van der Waals surface area contributed by atoms with E-state index in [-0.39, 0.29) is 40.9 Å². The summed E-state index contributed by atoms with van der Waals surface area (Å²) >= 11 is 1.09. The van der Waals surface area contributed by atoms with Crippen LogP contribution in [0.15, 0.2) is 22.8 Å². The standard InChI is InChI=1S/C45H72N4O8S/c1-27(2)13-12-14-31(40(53)57-30(25-46-41(5,6)7)26-55-39-38(47-58-48-39)49-19-21-54-22-20-49)36-35(56-29(4)50)24-45(11)43(9)18-15-32-28(3)33(51)16-17-42(32,8)37(43)34(52)23-44(36,45)10/h13,28,30,32-35,37,46,51-52H,12,14-26H2,1-11H3/b36-31+/t28-,30?,32-,33+,34+,35-,37-,42-,43-,44-,45+/m0/s1. The highest BCUT2D eigenvalue weighted by atomic mass is 32.1. The van der Waals surface area contributed by atoms with E-state index in [0.717, 1.165) is 48.6 Å². The Labute approximate surface area is 351 Å². The molecule has 326 valence electrons. The predicted octanol–water partition coefficient (Wildman–Crippen LogP) is 7.04. The van der Waals surface area contributed by atoms with Gasteiger partial charge in [-0.05, 0) is 126 Å². The first-order valence-electron chi connectivity index (χ1n) is 21.8. The van der Waals surface area contributed by atoms with Gasteiger partial charge in [-0.2, -0.15) is 4.37 Å². The van der Waals surface area contributed by atoms with Crippen LogP contribution < -0.4 is 15.0 Å². The van der Waals surface area contributed by atoms with Crippen molar-refractivity contribution in [2.45, 2.75) is 157 Å². The number of carbonyl (C=O) groups is 2. The van der Waals surface area contributed by atoms with Crippen LogP contribution in [0.1, 0.15) is 128 Å². The number of allylic oxidation sites excluding steroid dienone is 2. The molecule has 0 bridgehead atoms. The summed E-state index contributed by atoms with van der Waals surface area (Å²) in [5.41, 5.74) is 0.575. The number of esters is 2. The maximum atomic E-state index is 15.1. The zero-order valence-electron chi connectivity index (χ0n) is 37.1. The third-order valence-electron chi connectivity index (χ3n) is 15.5. The molecule has 0 aromatic carbocycles. The molecular formula is C45H72N4O8S. The van der Waals surface area contributed by atoms with Crippen molar-refractivity contribution in [1.82, 2.24) is 14.1 Å². The number of nitrogens with one attached hydrogen (secondary N) is 1. The number of hydrogen-bond donors (Lipinski definition) is 3. The van der Waals surface area contributed by atoms with Crippen molar-refractivity contribution in [2.24, 2.45) is 39.4 Å². The van der Waals surface area contributed by atoms with E-state index in [1.165, 1.54) is 6.92 Å². The van der Waals surface area contributed by atoms with Crippen LogP contribution >= 0.6 is 11.7 Å². The Morgan fingerprint density at radius 2 is 1.74 bits per heavy atom. The molecule has 5 fully saturated rings. The summed E-state index contributed by atoms with van der Waals surface area (Å²) in [6.07, 6.45) is 5.23. The molecule has 3 N–H and O–H groups in total. The van der Waals surface area contributed by atoms with Gasteiger partial charge in [-0.1, -0.05) is 46.3 Å². The lowest BCUT2D eigenvalue weighted by Gasteiger charge is -2.71. The monoisotopic (exact) mass is 829 g/mol. The first-order chi connectivity index (χ1) is 27.1. The molecule has 58 heavy (non-hydrogen) atoms. The normalized spacial score (nSPS) is 37.5. The maximum Gasteiger partial charge on any atom is 0.334 e. The van der Waals surface area contributed by atoms with Crippen LogP contribution in [0.3, 0.4) is 0 Å². The van der Waals surface area contributed by atoms with Crippen molar-refractivity contribution in [1.29, 1.82) is 0 Å². The Morgan fingerprint density at radius 3 is 2.40 bits per heavy atom. The maximum absolute atomic E-state index is 15.1. The molecule has 1 aromatic rings. The van der Waals surface area contributed by atoms with Crippen molar-refractivity contribution < 1.29 is 38.7 Å². The first kappa shape index (κ1) is 45.0. The average Bonchev–Trinajstić information content (AvgIpc) is 3.69. The third-order valence-corrected chi connectivity index (χ3v) is 16.1. The molecule has 2 heterocycles. The SMILES string of the molecule is CC(=O)O[C@H]1C[C@@]2(C)[C@@](C)(C[C@@H](O)[C@H]3[C@@]4(C)CC[C@@H](O)[C@@H](C)[C@@H]4CC[C@@]32C)/C1=C(\CCC=C(C)C)C(=O)OC(CNC(C)(C)C)COc1nsnc1N1CCOCC1. The molecule has 0 amide bonds. The van der Waals surface area contributed by atoms with E-state index in [9.17, 15) is 15.0 Å². The van der Waals surface area contributed by atoms with Crippen molar-refractivity contribution in [3.05, 3.63) is 22.8 Å². The van der Waals surface area contributed by atoms with E-state index in [0.29, 0.717) is 81.7 Å². The summed E-state index contributed by atoms with van der Waals surface area (Å²) in [6, 6.07) is 0. The quantitative estimate of drug-likeness (QED) is 0.113. The van der Waals surface area contributed by atoms with Gasteiger partial charge in [0.25, 0.3) is 5.88 Å². The van der Waals surface area contributed by atoms with Gasteiger partial charge in [0.15, 0.2) is 0 Å². The fourth-order valence-electron chi connectivity index (χ4n) is 12.5. The summed E-state index contributed by atoms with van der Waals surface area (Å²) < 4.78 is 33.7. The molecule has 0 spiro atoms. The Kier molecular flexibility index (Phi) is 13.2. The van der Waals surface area contributed by atoms with E-state index in [4.69, 9.17) is 18.9 Å². The fourth-order valence-corrected chi connectivity index (χ4v) is 13.0. The first-order valence-corrected chi connectivity index (χ1v) is 22.5. The number of aliphatic hydroxyl groups is 2. The molecule has 11 atom stereocenters. The second kappa shape index (κ2) is 17.1. The number of carbonyl (C=O) groups excluding carboxylic acids is 2. The second-order valence-corrected chi connectivity index (χ2v) is 21.0. The van der Waals surface area contributed by atoms with Gasteiger partial charge in [-0.15, -0.1) is 4.37 Å². The Hall–Kier alpha value is -2.58. The van der Waals surface area contributed by atoms with Gasteiger partial charge in [0.05, 0.1) is 37.1 Å². The van der Waals surface area contributed by atoms with Crippen LogP contribution in [0.25, 0.3) is 0 Å². The number of hydrogen-bond acceptors (Lipinski definition) is 13. The van der Waals surface area contributed by atoms with Crippen LogP contribution in [-0.2, 0) is 23.8 Å². The van der Waals surface area contributed by atoms with Crippen molar-refractivity contribution in [3.8, 4) is 5.88 Å². The summed E-state index contributed by atoms with van der Waals surface area (Å²) in [5, 5.41) is 27.1. The zero-order chi connectivity index (χ0) is 42.4. The summed E-state index contributed by atoms with van der Waals surface area (Å²) in [5.74, 6) is 0.662. The van der Waals surface area contributed by atoms with E-state index in [1.807, 2.05) is 13.8 Å². The number of anilines is 1. The minimum Gasteiger partial charge on any atom is -0.470 e. The highest BCUT2D eigenvalue weighted by molar-refractivity contribution is 6.99. The molecule has 6 rings (SSSR count).